The van der Waals surface area contributed by atoms with Gasteiger partial charge in [0.1, 0.15) is 5.15 Å². The summed E-state index contributed by atoms with van der Waals surface area (Å²) in [5, 5.41) is 0.344. The molecule has 0 aliphatic heterocycles. The van der Waals surface area contributed by atoms with Crippen LogP contribution in [0.1, 0.15) is 0 Å². The van der Waals surface area contributed by atoms with Crippen molar-refractivity contribution in [3.63, 3.8) is 0 Å². The van der Waals surface area contributed by atoms with Gasteiger partial charge in [0.2, 0.25) is 5.75 Å². The van der Waals surface area contributed by atoms with Crippen LogP contribution in [0.25, 0.3) is 11.3 Å². The minimum atomic E-state index is 0.344. The lowest BCUT2D eigenvalue weighted by Gasteiger charge is -2.13. The monoisotopic (exact) mass is 280 g/mol. The zero-order valence-electron chi connectivity index (χ0n) is 10.8. The summed E-state index contributed by atoms with van der Waals surface area (Å²) in [6, 6.07) is 3.61. The minimum absolute atomic E-state index is 0.344. The predicted octanol–water partition coefficient (Wildman–Crippen LogP) is 2.82. The smallest absolute Gasteiger partial charge is 0.203 e. The van der Waals surface area contributed by atoms with E-state index in [1.165, 1.54) is 6.20 Å². The van der Waals surface area contributed by atoms with Gasteiger partial charge in [0, 0.05) is 5.56 Å². The highest BCUT2D eigenvalue weighted by Crippen LogP contribution is 2.40. The van der Waals surface area contributed by atoms with E-state index >= 15 is 0 Å². The van der Waals surface area contributed by atoms with Gasteiger partial charge < -0.3 is 14.2 Å². The lowest BCUT2D eigenvalue weighted by atomic mass is 10.1. The number of methoxy groups -OCH3 is 3. The summed E-state index contributed by atoms with van der Waals surface area (Å²) < 4.78 is 15.8. The molecule has 0 bridgehead atoms. The second kappa shape index (κ2) is 5.75. The molecule has 1 heterocycles. The zero-order chi connectivity index (χ0) is 13.8. The molecule has 19 heavy (non-hydrogen) atoms. The summed E-state index contributed by atoms with van der Waals surface area (Å²) in [7, 11) is 4.69. The normalized spacial score (nSPS) is 10.1. The van der Waals surface area contributed by atoms with Crippen molar-refractivity contribution >= 4 is 11.6 Å². The van der Waals surface area contributed by atoms with Gasteiger partial charge in [-0.05, 0) is 12.1 Å². The molecule has 2 rings (SSSR count). The maximum absolute atomic E-state index is 5.72. The Morgan fingerprint density at radius 2 is 1.53 bits per heavy atom. The highest BCUT2D eigenvalue weighted by Gasteiger charge is 2.14. The van der Waals surface area contributed by atoms with Gasteiger partial charge in [-0.1, -0.05) is 11.6 Å². The summed E-state index contributed by atoms with van der Waals surface area (Å²) in [5.41, 5.74) is 1.47. The number of ether oxygens (including phenoxy) is 3. The molecule has 0 aliphatic rings. The second-order valence-corrected chi connectivity index (χ2v) is 4.03. The standard InChI is InChI=1S/C13H13ClN2O3/c1-17-10-4-8(5-11(18-2)13(10)19-3)9-6-16-12(14)7-15-9/h4-7H,1-3H3. The van der Waals surface area contributed by atoms with Crippen LogP contribution < -0.4 is 14.2 Å². The quantitative estimate of drug-likeness (QED) is 0.862. The van der Waals surface area contributed by atoms with Crippen LogP contribution in [0.5, 0.6) is 17.2 Å². The third kappa shape index (κ3) is 2.71. The van der Waals surface area contributed by atoms with Crippen molar-refractivity contribution < 1.29 is 14.2 Å². The molecule has 0 aliphatic carbocycles. The molecule has 0 amide bonds. The van der Waals surface area contributed by atoms with Crippen LogP contribution in [0.4, 0.5) is 0 Å². The van der Waals surface area contributed by atoms with Crippen molar-refractivity contribution in [2.75, 3.05) is 21.3 Å². The molecule has 5 nitrogen and oxygen atoms in total. The second-order valence-electron chi connectivity index (χ2n) is 3.64. The number of nitrogens with zero attached hydrogens (tertiary/aromatic N) is 2. The fourth-order valence-electron chi connectivity index (χ4n) is 1.69. The van der Waals surface area contributed by atoms with Crippen molar-refractivity contribution in [2.45, 2.75) is 0 Å². The molecule has 0 unspecified atom stereocenters. The van der Waals surface area contributed by atoms with Gasteiger partial charge in [-0.15, -0.1) is 0 Å². The van der Waals surface area contributed by atoms with E-state index in [0.29, 0.717) is 28.1 Å². The highest BCUT2D eigenvalue weighted by atomic mass is 35.5. The van der Waals surface area contributed by atoms with Crippen LogP contribution in [-0.4, -0.2) is 31.3 Å². The maximum atomic E-state index is 5.72. The third-order valence-corrected chi connectivity index (χ3v) is 2.78. The number of hydrogen-bond donors (Lipinski definition) is 0. The summed E-state index contributed by atoms with van der Waals surface area (Å²) in [6.07, 6.45) is 3.07. The maximum Gasteiger partial charge on any atom is 0.203 e. The Labute approximate surface area is 116 Å². The average Bonchev–Trinajstić information content (AvgIpc) is 2.46. The molecule has 0 radical (unpaired) electrons. The van der Waals surface area contributed by atoms with E-state index in [4.69, 9.17) is 25.8 Å². The highest BCUT2D eigenvalue weighted by molar-refractivity contribution is 6.29. The van der Waals surface area contributed by atoms with Crippen molar-refractivity contribution in [1.29, 1.82) is 0 Å². The van der Waals surface area contributed by atoms with Crippen LogP contribution in [-0.2, 0) is 0 Å². The number of rotatable bonds is 4. The molecule has 1 aromatic carbocycles. The summed E-state index contributed by atoms with van der Waals surface area (Å²) in [5.74, 6) is 1.66. The first-order valence-electron chi connectivity index (χ1n) is 5.47. The fraction of sp³-hybridized carbons (Fsp3) is 0.231. The van der Waals surface area contributed by atoms with Gasteiger partial charge in [0.25, 0.3) is 0 Å². The van der Waals surface area contributed by atoms with Crippen LogP contribution in [0.3, 0.4) is 0 Å². The van der Waals surface area contributed by atoms with Crippen molar-refractivity contribution in [3.8, 4) is 28.5 Å². The average molecular weight is 281 g/mol. The predicted molar refractivity (Wildman–Crippen MR) is 72.1 cm³/mol. The van der Waals surface area contributed by atoms with Gasteiger partial charge in [-0.3, -0.25) is 4.98 Å². The molecule has 0 saturated carbocycles. The molecule has 100 valence electrons. The van der Waals surface area contributed by atoms with Gasteiger partial charge in [-0.25, -0.2) is 4.98 Å². The Morgan fingerprint density at radius 3 is 1.95 bits per heavy atom. The molecular weight excluding hydrogens is 268 g/mol. The van der Waals surface area contributed by atoms with Gasteiger partial charge in [0.05, 0.1) is 39.4 Å². The Balaban J connectivity index is 2.55. The Bertz CT molecular complexity index is 548. The molecule has 0 spiro atoms. The summed E-state index contributed by atoms with van der Waals surface area (Å²) in [4.78, 5) is 8.21. The fourth-order valence-corrected chi connectivity index (χ4v) is 1.79. The van der Waals surface area contributed by atoms with E-state index in [9.17, 15) is 0 Å². The summed E-state index contributed by atoms with van der Waals surface area (Å²) >= 11 is 5.72. The van der Waals surface area contributed by atoms with E-state index < -0.39 is 0 Å². The molecule has 0 fully saturated rings. The van der Waals surface area contributed by atoms with Crippen LogP contribution >= 0.6 is 11.6 Å². The number of halogens is 1. The summed E-state index contributed by atoms with van der Waals surface area (Å²) in [6.45, 7) is 0. The number of hydrogen-bond acceptors (Lipinski definition) is 5. The zero-order valence-corrected chi connectivity index (χ0v) is 11.6. The van der Waals surface area contributed by atoms with E-state index in [1.807, 2.05) is 0 Å². The van der Waals surface area contributed by atoms with Crippen LogP contribution in [0, 0.1) is 0 Å². The molecule has 0 saturated heterocycles. The Kier molecular flexibility index (Phi) is 4.06. The first kappa shape index (κ1) is 13.4. The lowest BCUT2D eigenvalue weighted by molar-refractivity contribution is 0.324. The van der Waals surface area contributed by atoms with Crippen molar-refractivity contribution in [1.82, 2.24) is 9.97 Å². The molecule has 1 aromatic heterocycles. The van der Waals surface area contributed by atoms with Gasteiger partial charge in [-0.2, -0.15) is 0 Å². The lowest BCUT2D eigenvalue weighted by Crippen LogP contribution is -1.96. The third-order valence-electron chi connectivity index (χ3n) is 2.58. The molecule has 0 N–H and O–H groups in total. The SMILES string of the molecule is COc1cc(-c2cnc(Cl)cn2)cc(OC)c1OC. The Morgan fingerprint density at radius 1 is 0.895 bits per heavy atom. The van der Waals surface area contributed by atoms with Crippen LogP contribution in [0.15, 0.2) is 24.5 Å². The van der Waals surface area contributed by atoms with E-state index in [0.717, 1.165) is 5.56 Å². The van der Waals surface area contributed by atoms with E-state index in [2.05, 4.69) is 9.97 Å². The first-order chi connectivity index (χ1) is 9.19. The van der Waals surface area contributed by atoms with Gasteiger partial charge >= 0.3 is 0 Å². The minimum Gasteiger partial charge on any atom is -0.493 e. The first-order valence-corrected chi connectivity index (χ1v) is 5.85. The number of aromatic nitrogens is 2. The Hall–Kier alpha value is -2.01. The van der Waals surface area contributed by atoms with E-state index in [1.54, 1.807) is 39.7 Å². The molecule has 0 atom stereocenters. The molecule has 2 aromatic rings. The number of benzene rings is 1. The molecular formula is C13H13ClN2O3. The van der Waals surface area contributed by atoms with Crippen molar-refractivity contribution in [2.24, 2.45) is 0 Å². The van der Waals surface area contributed by atoms with E-state index in [-0.39, 0.29) is 0 Å². The van der Waals surface area contributed by atoms with Gasteiger partial charge in [0.15, 0.2) is 11.5 Å². The molecule has 6 heteroatoms. The topological polar surface area (TPSA) is 53.5 Å². The van der Waals surface area contributed by atoms with Crippen molar-refractivity contribution in [3.05, 3.63) is 29.7 Å². The largest absolute Gasteiger partial charge is 0.493 e. The van der Waals surface area contributed by atoms with Crippen LogP contribution in [0.2, 0.25) is 5.15 Å².